The lowest BCUT2D eigenvalue weighted by Crippen LogP contribution is -2.28. The average molecular weight is 394 g/mol. The molecule has 150 valence electrons. The highest BCUT2D eigenvalue weighted by molar-refractivity contribution is 5.76. The normalized spacial score (nSPS) is 15.0. The molecule has 3 aromatic rings. The first kappa shape index (κ1) is 19.1. The number of ether oxygens (including phenoxy) is 1. The van der Waals surface area contributed by atoms with E-state index in [0.717, 1.165) is 29.1 Å². The van der Waals surface area contributed by atoms with Crippen molar-refractivity contribution in [1.82, 2.24) is 20.0 Å². The number of hydrogen-bond acceptors (Lipinski definition) is 4. The second-order valence-electron chi connectivity index (χ2n) is 7.00. The van der Waals surface area contributed by atoms with Crippen LogP contribution in [0.2, 0.25) is 0 Å². The van der Waals surface area contributed by atoms with Crippen LogP contribution in [0.1, 0.15) is 12.0 Å². The molecule has 7 heteroatoms. The van der Waals surface area contributed by atoms with E-state index in [1.807, 2.05) is 30.5 Å². The topological polar surface area (TPSA) is 59.4 Å². The Kier molecular flexibility index (Phi) is 5.57. The Morgan fingerprint density at radius 1 is 1.14 bits per heavy atom. The molecule has 1 amide bonds. The van der Waals surface area contributed by atoms with Crippen LogP contribution in [0.5, 0.6) is 5.75 Å². The van der Waals surface area contributed by atoms with Gasteiger partial charge in [-0.25, -0.2) is 9.07 Å². The van der Waals surface area contributed by atoms with Gasteiger partial charge in [0.1, 0.15) is 17.3 Å². The van der Waals surface area contributed by atoms with Gasteiger partial charge in [0.2, 0.25) is 5.91 Å². The first-order valence-electron chi connectivity index (χ1n) is 9.61. The van der Waals surface area contributed by atoms with E-state index >= 15 is 0 Å². The number of amides is 1. The number of nitrogens with zero attached hydrogens (tertiary/aromatic N) is 3. The van der Waals surface area contributed by atoms with E-state index in [-0.39, 0.29) is 11.7 Å². The van der Waals surface area contributed by atoms with Gasteiger partial charge in [-0.1, -0.05) is 12.1 Å². The van der Waals surface area contributed by atoms with Gasteiger partial charge in [0.25, 0.3) is 0 Å². The molecule has 1 fully saturated rings. The molecule has 0 atom stereocenters. The number of nitrogens with one attached hydrogen (secondary N) is 1. The van der Waals surface area contributed by atoms with Crippen molar-refractivity contribution in [2.24, 2.45) is 0 Å². The molecule has 6 nitrogen and oxygen atoms in total. The molecule has 0 aliphatic carbocycles. The fraction of sp³-hybridized carbons (Fsp3) is 0.273. The Labute approximate surface area is 168 Å². The predicted molar refractivity (Wildman–Crippen MR) is 108 cm³/mol. The van der Waals surface area contributed by atoms with Crippen molar-refractivity contribution in [3.8, 4) is 22.7 Å². The number of halogens is 1. The van der Waals surface area contributed by atoms with Crippen molar-refractivity contribution in [3.05, 3.63) is 66.1 Å². The molecule has 1 N–H and O–H groups in total. The van der Waals surface area contributed by atoms with Crippen LogP contribution in [0.4, 0.5) is 4.39 Å². The summed E-state index contributed by atoms with van der Waals surface area (Å²) in [6.07, 6.45) is 2.34. The van der Waals surface area contributed by atoms with Gasteiger partial charge in [-0.05, 0) is 36.4 Å². The molecule has 4 rings (SSSR count). The molecule has 0 spiro atoms. The standard InChI is InChI=1S/C22H23FN4O2/c1-29-18-8-6-16(7-9-18)22-17(14-26-12-10-21(28)24-11-13-26)15-27(25-22)20-5-3-2-4-19(20)23/h2-9,15H,10-14H2,1H3,(H,24,28). The van der Waals surface area contributed by atoms with Crippen LogP contribution in [0.3, 0.4) is 0 Å². The van der Waals surface area contributed by atoms with E-state index in [4.69, 9.17) is 9.84 Å². The number of rotatable bonds is 5. The summed E-state index contributed by atoms with van der Waals surface area (Å²) < 4.78 is 21.2. The second kappa shape index (κ2) is 8.45. The SMILES string of the molecule is COc1ccc(-c2nn(-c3ccccc3F)cc2CN2CCNC(=O)CC2)cc1. The van der Waals surface area contributed by atoms with E-state index in [0.29, 0.717) is 31.7 Å². The molecular formula is C22H23FN4O2. The third-order valence-corrected chi connectivity index (χ3v) is 5.05. The average Bonchev–Trinajstić information content (AvgIpc) is 3.04. The van der Waals surface area contributed by atoms with E-state index in [9.17, 15) is 9.18 Å². The Balaban J connectivity index is 1.71. The summed E-state index contributed by atoms with van der Waals surface area (Å²) >= 11 is 0. The zero-order chi connectivity index (χ0) is 20.2. The second-order valence-corrected chi connectivity index (χ2v) is 7.00. The monoisotopic (exact) mass is 394 g/mol. The van der Waals surface area contributed by atoms with Gasteiger partial charge < -0.3 is 10.1 Å². The third kappa shape index (κ3) is 4.30. The van der Waals surface area contributed by atoms with Crippen LogP contribution in [-0.2, 0) is 11.3 Å². The Morgan fingerprint density at radius 3 is 2.69 bits per heavy atom. The van der Waals surface area contributed by atoms with Gasteiger partial charge >= 0.3 is 0 Å². The first-order valence-corrected chi connectivity index (χ1v) is 9.61. The van der Waals surface area contributed by atoms with E-state index in [1.165, 1.54) is 6.07 Å². The highest BCUT2D eigenvalue weighted by Crippen LogP contribution is 2.27. The summed E-state index contributed by atoms with van der Waals surface area (Å²) in [6, 6.07) is 14.3. The minimum absolute atomic E-state index is 0.0740. The highest BCUT2D eigenvalue weighted by Gasteiger charge is 2.19. The number of carbonyl (C=O) groups excluding carboxylic acids is 1. The number of methoxy groups -OCH3 is 1. The number of carbonyl (C=O) groups is 1. The molecule has 2 heterocycles. The first-order chi connectivity index (χ1) is 14.1. The highest BCUT2D eigenvalue weighted by atomic mass is 19.1. The molecule has 2 aromatic carbocycles. The summed E-state index contributed by atoms with van der Waals surface area (Å²) in [5.74, 6) is 0.512. The number of benzene rings is 2. The lowest BCUT2D eigenvalue weighted by molar-refractivity contribution is -0.120. The quantitative estimate of drug-likeness (QED) is 0.723. The number of hydrogen-bond donors (Lipinski definition) is 1. The van der Waals surface area contributed by atoms with Crippen molar-refractivity contribution >= 4 is 5.91 Å². The van der Waals surface area contributed by atoms with Crippen LogP contribution in [0.25, 0.3) is 16.9 Å². The van der Waals surface area contributed by atoms with Gasteiger partial charge in [0.15, 0.2) is 0 Å². The maximum atomic E-state index is 14.3. The molecule has 0 saturated carbocycles. The fourth-order valence-electron chi connectivity index (χ4n) is 3.49. The maximum absolute atomic E-state index is 14.3. The van der Waals surface area contributed by atoms with Crippen molar-refractivity contribution in [3.63, 3.8) is 0 Å². The Morgan fingerprint density at radius 2 is 1.93 bits per heavy atom. The van der Waals surface area contributed by atoms with Crippen LogP contribution >= 0.6 is 0 Å². The summed E-state index contributed by atoms with van der Waals surface area (Å²) in [6.45, 7) is 2.69. The van der Waals surface area contributed by atoms with E-state index in [1.54, 1.807) is 30.0 Å². The van der Waals surface area contributed by atoms with Gasteiger partial charge in [-0.3, -0.25) is 9.69 Å². The van der Waals surface area contributed by atoms with Crippen molar-refractivity contribution in [1.29, 1.82) is 0 Å². The van der Waals surface area contributed by atoms with Crippen LogP contribution in [-0.4, -0.2) is 47.3 Å². The molecule has 1 saturated heterocycles. The summed E-state index contributed by atoms with van der Waals surface area (Å²) in [4.78, 5) is 13.9. The largest absolute Gasteiger partial charge is 0.497 e. The third-order valence-electron chi connectivity index (χ3n) is 5.05. The van der Waals surface area contributed by atoms with Gasteiger partial charge in [-0.2, -0.15) is 5.10 Å². The smallest absolute Gasteiger partial charge is 0.221 e. The zero-order valence-corrected chi connectivity index (χ0v) is 16.3. The minimum Gasteiger partial charge on any atom is -0.497 e. The van der Waals surface area contributed by atoms with Crippen molar-refractivity contribution < 1.29 is 13.9 Å². The van der Waals surface area contributed by atoms with Crippen molar-refractivity contribution in [2.75, 3.05) is 26.7 Å². The summed E-state index contributed by atoms with van der Waals surface area (Å²) in [5.41, 5.74) is 3.10. The molecule has 0 unspecified atom stereocenters. The lowest BCUT2D eigenvalue weighted by atomic mass is 10.1. The number of aromatic nitrogens is 2. The lowest BCUT2D eigenvalue weighted by Gasteiger charge is -2.18. The molecule has 1 aromatic heterocycles. The minimum atomic E-state index is -0.326. The Hall–Kier alpha value is -3.19. The number of para-hydroxylation sites is 1. The Bertz CT molecular complexity index is 1000. The van der Waals surface area contributed by atoms with E-state index < -0.39 is 0 Å². The molecule has 1 aliphatic rings. The molecule has 29 heavy (non-hydrogen) atoms. The van der Waals surface area contributed by atoms with Gasteiger partial charge in [0.05, 0.1) is 12.8 Å². The van der Waals surface area contributed by atoms with Gasteiger partial charge in [0, 0.05) is 49.9 Å². The van der Waals surface area contributed by atoms with Crippen molar-refractivity contribution in [2.45, 2.75) is 13.0 Å². The van der Waals surface area contributed by atoms with E-state index in [2.05, 4.69) is 10.2 Å². The van der Waals surface area contributed by atoms with Crippen LogP contribution in [0.15, 0.2) is 54.7 Å². The predicted octanol–water partition coefficient (Wildman–Crippen LogP) is 3.01. The molecule has 1 aliphatic heterocycles. The van der Waals surface area contributed by atoms with Crippen LogP contribution < -0.4 is 10.1 Å². The molecule has 0 radical (unpaired) electrons. The fourth-order valence-corrected chi connectivity index (χ4v) is 3.49. The zero-order valence-electron chi connectivity index (χ0n) is 16.3. The van der Waals surface area contributed by atoms with Gasteiger partial charge in [-0.15, -0.1) is 0 Å². The molecular weight excluding hydrogens is 371 g/mol. The maximum Gasteiger partial charge on any atom is 0.221 e. The summed E-state index contributed by atoms with van der Waals surface area (Å²) in [5, 5.41) is 7.59. The summed E-state index contributed by atoms with van der Waals surface area (Å²) in [7, 11) is 1.63. The van der Waals surface area contributed by atoms with Crippen LogP contribution in [0, 0.1) is 5.82 Å². The molecule has 0 bridgehead atoms.